The Hall–Kier alpha value is -4.03. The number of ether oxygens (including phenoxy) is 1. The van der Waals surface area contributed by atoms with Gasteiger partial charge in [0.15, 0.2) is 11.5 Å². The van der Waals surface area contributed by atoms with Crippen molar-refractivity contribution in [3.05, 3.63) is 107 Å². The van der Waals surface area contributed by atoms with Crippen LogP contribution in [0.3, 0.4) is 0 Å². The number of fused-ring (bicyclic) bond motifs is 1. The summed E-state index contributed by atoms with van der Waals surface area (Å²) in [7, 11) is 1.55. The lowest BCUT2D eigenvalue weighted by Crippen LogP contribution is -2.31. The molecule has 4 aromatic rings. The summed E-state index contributed by atoms with van der Waals surface area (Å²) in [5.74, 6) is -1.21. The molecule has 0 bridgehead atoms. The highest BCUT2D eigenvalue weighted by molar-refractivity contribution is 6.31. The predicted molar refractivity (Wildman–Crippen MR) is 125 cm³/mol. The fourth-order valence-corrected chi connectivity index (χ4v) is 4.24. The quantitative estimate of drug-likeness (QED) is 0.377. The number of ketones is 1. The molecule has 164 valence electrons. The molecule has 0 saturated carbocycles. The molecule has 33 heavy (non-hydrogen) atoms. The van der Waals surface area contributed by atoms with E-state index in [2.05, 4.69) is 0 Å². The standard InChI is InChI=1S/C26H18ClNO5/c1-32-19-10-8-18(9-11-19)28-23(15-5-3-2-4-6-15)22(25(30)26(28)31)24(29)21-14-16-13-17(27)7-12-20(16)33-21/h2-14,23,30H,1H3. The number of halogens is 1. The van der Waals surface area contributed by atoms with Gasteiger partial charge in [-0.2, -0.15) is 0 Å². The van der Waals surface area contributed by atoms with Crippen LogP contribution in [0.4, 0.5) is 5.69 Å². The molecule has 0 aliphatic carbocycles. The van der Waals surface area contributed by atoms with Gasteiger partial charge < -0.3 is 14.3 Å². The number of carbonyl (C=O) groups is 2. The van der Waals surface area contributed by atoms with E-state index in [9.17, 15) is 14.7 Å². The van der Waals surface area contributed by atoms with Crippen molar-refractivity contribution >= 4 is 39.9 Å². The first-order chi connectivity index (χ1) is 16.0. The Morgan fingerprint density at radius 1 is 1.03 bits per heavy atom. The minimum Gasteiger partial charge on any atom is -0.503 e. The lowest BCUT2D eigenvalue weighted by atomic mass is 9.95. The summed E-state index contributed by atoms with van der Waals surface area (Å²) in [5, 5.41) is 12.0. The maximum absolute atomic E-state index is 13.6. The van der Waals surface area contributed by atoms with Crippen LogP contribution >= 0.6 is 11.6 Å². The number of furan rings is 1. The van der Waals surface area contributed by atoms with Crippen LogP contribution < -0.4 is 9.64 Å². The summed E-state index contributed by atoms with van der Waals surface area (Å²) in [6, 6.07) is 21.6. The number of hydrogen-bond donors (Lipinski definition) is 1. The van der Waals surface area contributed by atoms with Gasteiger partial charge in [-0.15, -0.1) is 0 Å². The zero-order valence-electron chi connectivity index (χ0n) is 17.5. The van der Waals surface area contributed by atoms with Crippen molar-refractivity contribution in [1.82, 2.24) is 0 Å². The summed E-state index contributed by atoms with van der Waals surface area (Å²) in [4.78, 5) is 28.2. The monoisotopic (exact) mass is 459 g/mol. The van der Waals surface area contributed by atoms with Crippen molar-refractivity contribution in [2.45, 2.75) is 6.04 Å². The summed E-state index contributed by atoms with van der Waals surface area (Å²) in [6.45, 7) is 0. The number of aliphatic hydroxyl groups excluding tert-OH is 1. The first-order valence-electron chi connectivity index (χ1n) is 10.2. The molecule has 6 nitrogen and oxygen atoms in total. The molecule has 1 unspecified atom stereocenters. The summed E-state index contributed by atoms with van der Waals surface area (Å²) in [5.41, 5.74) is 1.62. The molecule has 5 rings (SSSR count). The minimum atomic E-state index is -0.837. The molecule has 1 aromatic heterocycles. The molecule has 1 amide bonds. The SMILES string of the molecule is COc1ccc(N2C(=O)C(O)=C(C(=O)c3cc4cc(Cl)ccc4o3)C2c2ccccc2)cc1. The number of hydrogen-bond acceptors (Lipinski definition) is 5. The van der Waals surface area contributed by atoms with Gasteiger partial charge in [0.05, 0.1) is 18.7 Å². The zero-order chi connectivity index (χ0) is 23.1. The smallest absolute Gasteiger partial charge is 0.294 e. The fraction of sp³-hybridized carbons (Fsp3) is 0.0769. The van der Waals surface area contributed by atoms with Crippen LogP contribution in [0, 0.1) is 0 Å². The lowest BCUT2D eigenvalue weighted by molar-refractivity contribution is -0.117. The molecule has 0 spiro atoms. The number of rotatable bonds is 5. The largest absolute Gasteiger partial charge is 0.503 e. The molecule has 1 atom stereocenters. The van der Waals surface area contributed by atoms with Gasteiger partial charge in [-0.25, -0.2) is 0 Å². The molecule has 1 aliphatic heterocycles. The normalized spacial score (nSPS) is 16.0. The van der Waals surface area contributed by atoms with E-state index in [0.717, 1.165) is 0 Å². The van der Waals surface area contributed by atoms with Crippen molar-refractivity contribution in [2.24, 2.45) is 0 Å². The van der Waals surface area contributed by atoms with Gasteiger partial charge in [0, 0.05) is 16.1 Å². The van der Waals surface area contributed by atoms with Crippen LogP contribution in [0.5, 0.6) is 5.75 Å². The summed E-state index contributed by atoms with van der Waals surface area (Å²) in [6.07, 6.45) is 0. The highest BCUT2D eigenvalue weighted by Gasteiger charge is 2.45. The predicted octanol–water partition coefficient (Wildman–Crippen LogP) is 5.88. The van der Waals surface area contributed by atoms with E-state index in [1.54, 1.807) is 67.8 Å². The topological polar surface area (TPSA) is 80.0 Å². The minimum absolute atomic E-state index is 0.0131. The number of benzene rings is 3. The van der Waals surface area contributed by atoms with Gasteiger partial charge in [-0.05, 0) is 54.1 Å². The van der Waals surface area contributed by atoms with E-state index in [-0.39, 0.29) is 11.3 Å². The number of aliphatic hydroxyl groups is 1. The van der Waals surface area contributed by atoms with E-state index >= 15 is 0 Å². The van der Waals surface area contributed by atoms with Crippen molar-refractivity contribution in [1.29, 1.82) is 0 Å². The molecule has 0 radical (unpaired) electrons. The molecular formula is C26H18ClNO5. The Morgan fingerprint density at radius 2 is 1.76 bits per heavy atom. The molecule has 3 aromatic carbocycles. The number of Topliss-reactive ketones (excluding diaryl/α,β-unsaturated/α-hetero) is 1. The second kappa shape index (κ2) is 8.15. The summed E-state index contributed by atoms with van der Waals surface area (Å²) < 4.78 is 10.9. The maximum Gasteiger partial charge on any atom is 0.294 e. The van der Waals surface area contributed by atoms with Crippen LogP contribution in [0.2, 0.25) is 5.02 Å². The Bertz CT molecular complexity index is 1410. The third kappa shape index (κ3) is 3.54. The molecule has 1 N–H and O–H groups in total. The van der Waals surface area contributed by atoms with Crippen LogP contribution in [-0.4, -0.2) is 23.9 Å². The van der Waals surface area contributed by atoms with Crippen molar-refractivity contribution in [2.75, 3.05) is 12.0 Å². The van der Waals surface area contributed by atoms with E-state index in [1.807, 2.05) is 18.2 Å². The van der Waals surface area contributed by atoms with Gasteiger partial charge in [-0.1, -0.05) is 41.9 Å². The van der Waals surface area contributed by atoms with Crippen LogP contribution in [-0.2, 0) is 4.79 Å². The van der Waals surface area contributed by atoms with Crippen LogP contribution in [0.15, 0.2) is 94.6 Å². The number of anilines is 1. The van der Waals surface area contributed by atoms with E-state index in [0.29, 0.717) is 33.0 Å². The molecular weight excluding hydrogens is 442 g/mol. The number of carbonyl (C=O) groups excluding carboxylic acids is 2. The first kappa shape index (κ1) is 20.8. The molecule has 0 fully saturated rings. The van der Waals surface area contributed by atoms with Crippen LogP contribution in [0.25, 0.3) is 11.0 Å². The third-order valence-electron chi connectivity index (χ3n) is 5.62. The Morgan fingerprint density at radius 3 is 2.45 bits per heavy atom. The third-order valence-corrected chi connectivity index (χ3v) is 5.86. The van der Waals surface area contributed by atoms with Gasteiger partial charge >= 0.3 is 0 Å². The van der Waals surface area contributed by atoms with Crippen LogP contribution in [0.1, 0.15) is 22.2 Å². The summed E-state index contributed by atoms with van der Waals surface area (Å²) >= 11 is 6.05. The van der Waals surface area contributed by atoms with Gasteiger partial charge in [0.25, 0.3) is 5.91 Å². The number of methoxy groups -OCH3 is 1. The van der Waals surface area contributed by atoms with E-state index < -0.39 is 23.5 Å². The Balaban J connectivity index is 1.63. The number of nitrogens with zero attached hydrogens (tertiary/aromatic N) is 1. The first-order valence-corrected chi connectivity index (χ1v) is 10.5. The molecule has 0 saturated heterocycles. The van der Waals surface area contributed by atoms with Crippen molar-refractivity contribution in [3.8, 4) is 5.75 Å². The van der Waals surface area contributed by atoms with Crippen molar-refractivity contribution < 1.29 is 23.8 Å². The second-order valence-electron chi connectivity index (χ2n) is 7.57. The van der Waals surface area contributed by atoms with Gasteiger partial charge in [0.1, 0.15) is 11.3 Å². The lowest BCUT2D eigenvalue weighted by Gasteiger charge is -2.26. The zero-order valence-corrected chi connectivity index (χ0v) is 18.2. The van der Waals surface area contributed by atoms with Gasteiger partial charge in [-0.3, -0.25) is 14.5 Å². The highest BCUT2D eigenvalue weighted by Crippen LogP contribution is 2.42. The molecule has 7 heteroatoms. The maximum atomic E-state index is 13.6. The average Bonchev–Trinajstić information content (AvgIpc) is 3.38. The average molecular weight is 460 g/mol. The second-order valence-corrected chi connectivity index (χ2v) is 8.01. The Kier molecular flexibility index (Phi) is 5.15. The molecule has 1 aliphatic rings. The Labute approximate surface area is 194 Å². The highest BCUT2D eigenvalue weighted by atomic mass is 35.5. The van der Waals surface area contributed by atoms with Crippen molar-refractivity contribution in [3.63, 3.8) is 0 Å². The van der Waals surface area contributed by atoms with Gasteiger partial charge in [0.2, 0.25) is 5.78 Å². The molecule has 2 heterocycles. The fourth-order valence-electron chi connectivity index (χ4n) is 4.06. The van der Waals surface area contributed by atoms with E-state index in [1.165, 1.54) is 4.90 Å². The van der Waals surface area contributed by atoms with E-state index in [4.69, 9.17) is 20.8 Å². The number of amides is 1.